The Morgan fingerprint density at radius 3 is 2.79 bits per heavy atom. The number of nitrogens with one attached hydrogen (secondary N) is 1. The van der Waals surface area contributed by atoms with E-state index in [0.29, 0.717) is 5.69 Å². The number of halogens is 2. The molecule has 0 saturated heterocycles. The van der Waals surface area contributed by atoms with E-state index >= 15 is 0 Å². The summed E-state index contributed by atoms with van der Waals surface area (Å²) < 4.78 is 24.6. The molecule has 106 valence electrons. The molecule has 0 heterocycles. The van der Waals surface area contributed by atoms with E-state index < -0.39 is 13.0 Å². The minimum absolute atomic E-state index is 0.0472. The molecule has 0 spiro atoms. The molecule has 0 fully saturated rings. The fourth-order valence-corrected chi connectivity index (χ4v) is 1.70. The molecule has 0 saturated carbocycles. The van der Waals surface area contributed by atoms with Gasteiger partial charge in [0.2, 0.25) is 5.91 Å². The first-order valence-corrected chi connectivity index (χ1v) is 5.99. The minimum Gasteiger partial charge on any atom is -0.395 e. The van der Waals surface area contributed by atoms with Crippen molar-refractivity contribution in [2.45, 2.75) is 13.3 Å². The van der Waals surface area contributed by atoms with Gasteiger partial charge in [0.25, 0.3) is 6.43 Å². The average molecular weight is 272 g/mol. The second-order valence-electron chi connectivity index (χ2n) is 4.27. The second-order valence-corrected chi connectivity index (χ2v) is 4.27. The standard InChI is InChI=1S/C13H18F2N2O2/c1-10-3-2-4-11(7-10)16-13(19)9-17(5-6-18)8-12(14)15/h2-4,7,12,18H,5-6,8-9H2,1H3,(H,16,19). The number of alkyl halides is 2. The summed E-state index contributed by atoms with van der Waals surface area (Å²) in [5.41, 5.74) is 1.63. The molecule has 0 aromatic heterocycles. The van der Waals surface area contributed by atoms with Gasteiger partial charge in [0.1, 0.15) is 0 Å². The van der Waals surface area contributed by atoms with Crippen molar-refractivity contribution in [2.75, 3.05) is 31.6 Å². The van der Waals surface area contributed by atoms with E-state index in [1.165, 1.54) is 4.90 Å². The highest BCUT2D eigenvalue weighted by Gasteiger charge is 2.15. The molecular formula is C13H18F2N2O2. The molecule has 0 aliphatic heterocycles. The number of aryl methyl sites for hydroxylation is 1. The molecule has 0 unspecified atom stereocenters. The molecule has 1 aromatic rings. The smallest absolute Gasteiger partial charge is 0.251 e. The second kappa shape index (κ2) is 7.81. The summed E-state index contributed by atoms with van der Waals surface area (Å²) >= 11 is 0. The van der Waals surface area contributed by atoms with Crippen molar-refractivity contribution in [3.05, 3.63) is 29.8 Å². The number of hydrogen-bond acceptors (Lipinski definition) is 3. The molecule has 0 atom stereocenters. The van der Waals surface area contributed by atoms with Crippen molar-refractivity contribution in [1.29, 1.82) is 0 Å². The van der Waals surface area contributed by atoms with E-state index in [4.69, 9.17) is 5.11 Å². The quantitative estimate of drug-likeness (QED) is 0.790. The summed E-state index contributed by atoms with van der Waals surface area (Å²) in [6, 6.07) is 7.22. The van der Waals surface area contributed by atoms with Gasteiger partial charge in [-0.05, 0) is 24.6 Å². The van der Waals surface area contributed by atoms with Crippen molar-refractivity contribution in [3.8, 4) is 0 Å². The minimum atomic E-state index is -2.53. The van der Waals surface area contributed by atoms with Gasteiger partial charge in [-0.25, -0.2) is 8.78 Å². The van der Waals surface area contributed by atoms with Crippen molar-refractivity contribution >= 4 is 11.6 Å². The lowest BCUT2D eigenvalue weighted by Gasteiger charge is -2.20. The first-order valence-electron chi connectivity index (χ1n) is 5.99. The monoisotopic (exact) mass is 272 g/mol. The first kappa shape index (κ1) is 15.5. The number of aliphatic hydroxyl groups excluding tert-OH is 1. The highest BCUT2D eigenvalue weighted by atomic mass is 19.3. The Hall–Kier alpha value is -1.53. The zero-order valence-corrected chi connectivity index (χ0v) is 10.8. The van der Waals surface area contributed by atoms with Gasteiger partial charge >= 0.3 is 0 Å². The predicted octanol–water partition coefficient (Wildman–Crippen LogP) is 1.49. The molecule has 0 aliphatic carbocycles. The van der Waals surface area contributed by atoms with Gasteiger partial charge in [-0.3, -0.25) is 9.69 Å². The van der Waals surface area contributed by atoms with Crippen LogP contribution in [-0.4, -0.2) is 48.6 Å². The number of nitrogens with zero attached hydrogens (tertiary/aromatic N) is 1. The lowest BCUT2D eigenvalue weighted by molar-refractivity contribution is -0.117. The van der Waals surface area contributed by atoms with Crippen LogP contribution in [0.2, 0.25) is 0 Å². The number of carbonyl (C=O) groups is 1. The third-order valence-electron chi connectivity index (χ3n) is 2.48. The van der Waals surface area contributed by atoms with E-state index in [9.17, 15) is 13.6 Å². The zero-order chi connectivity index (χ0) is 14.3. The number of amides is 1. The van der Waals surface area contributed by atoms with Crippen molar-refractivity contribution in [2.24, 2.45) is 0 Å². The van der Waals surface area contributed by atoms with Crippen LogP contribution in [0, 0.1) is 6.92 Å². The Kier molecular flexibility index (Phi) is 6.38. The SMILES string of the molecule is Cc1cccc(NC(=O)CN(CCO)CC(F)F)c1. The molecular weight excluding hydrogens is 254 g/mol. The van der Waals surface area contributed by atoms with Crippen LogP contribution in [0.4, 0.5) is 14.5 Å². The van der Waals surface area contributed by atoms with Gasteiger partial charge in [0.05, 0.1) is 19.7 Å². The zero-order valence-electron chi connectivity index (χ0n) is 10.8. The van der Waals surface area contributed by atoms with Gasteiger partial charge in [-0.2, -0.15) is 0 Å². The molecule has 2 N–H and O–H groups in total. The Labute approximate surface area is 111 Å². The lowest BCUT2D eigenvalue weighted by Crippen LogP contribution is -2.38. The van der Waals surface area contributed by atoms with Gasteiger partial charge in [-0.15, -0.1) is 0 Å². The van der Waals surface area contributed by atoms with Crippen molar-refractivity contribution < 1.29 is 18.7 Å². The van der Waals surface area contributed by atoms with E-state index in [2.05, 4.69) is 5.32 Å². The molecule has 1 rings (SSSR count). The first-order chi connectivity index (χ1) is 9.01. The van der Waals surface area contributed by atoms with E-state index in [1.54, 1.807) is 18.2 Å². The average Bonchev–Trinajstić information content (AvgIpc) is 2.27. The maximum Gasteiger partial charge on any atom is 0.251 e. The largest absolute Gasteiger partial charge is 0.395 e. The van der Waals surface area contributed by atoms with E-state index in [1.807, 2.05) is 13.0 Å². The molecule has 4 nitrogen and oxygen atoms in total. The van der Waals surface area contributed by atoms with E-state index in [0.717, 1.165) is 5.56 Å². The molecule has 0 bridgehead atoms. The number of rotatable bonds is 7. The van der Waals surface area contributed by atoms with E-state index in [-0.39, 0.29) is 25.6 Å². The maximum absolute atomic E-state index is 12.3. The molecule has 0 radical (unpaired) electrons. The molecule has 1 amide bonds. The van der Waals surface area contributed by atoms with Crippen molar-refractivity contribution in [1.82, 2.24) is 4.90 Å². The van der Waals surface area contributed by atoms with Gasteiger partial charge in [0, 0.05) is 12.2 Å². The molecule has 19 heavy (non-hydrogen) atoms. The Balaban J connectivity index is 2.52. The lowest BCUT2D eigenvalue weighted by atomic mass is 10.2. The molecule has 0 aliphatic rings. The fraction of sp³-hybridized carbons (Fsp3) is 0.462. The number of carbonyl (C=O) groups excluding carboxylic acids is 1. The Morgan fingerprint density at radius 1 is 1.47 bits per heavy atom. The Morgan fingerprint density at radius 2 is 2.21 bits per heavy atom. The number of anilines is 1. The summed E-state index contributed by atoms with van der Waals surface area (Å²) in [5.74, 6) is -0.375. The van der Waals surface area contributed by atoms with Crippen LogP contribution in [0.25, 0.3) is 0 Å². The summed E-state index contributed by atoms with van der Waals surface area (Å²) in [5, 5.41) is 11.4. The third kappa shape index (κ3) is 6.26. The Bertz CT molecular complexity index is 413. The van der Waals surface area contributed by atoms with Crippen LogP contribution in [0.15, 0.2) is 24.3 Å². The number of hydrogen-bond donors (Lipinski definition) is 2. The predicted molar refractivity (Wildman–Crippen MR) is 69.3 cm³/mol. The number of aliphatic hydroxyl groups is 1. The summed E-state index contributed by atoms with van der Waals surface area (Å²) in [4.78, 5) is 12.9. The summed E-state index contributed by atoms with van der Waals surface area (Å²) in [7, 11) is 0. The highest BCUT2D eigenvalue weighted by molar-refractivity contribution is 5.92. The van der Waals surface area contributed by atoms with Crippen LogP contribution in [-0.2, 0) is 4.79 Å². The summed E-state index contributed by atoms with van der Waals surface area (Å²) in [6.45, 7) is 0.987. The number of benzene rings is 1. The molecule has 1 aromatic carbocycles. The summed E-state index contributed by atoms with van der Waals surface area (Å²) in [6.07, 6.45) is -2.53. The van der Waals surface area contributed by atoms with Crippen LogP contribution in [0.3, 0.4) is 0 Å². The normalized spacial score (nSPS) is 11.1. The van der Waals surface area contributed by atoms with Gasteiger partial charge in [-0.1, -0.05) is 12.1 Å². The molecule has 6 heteroatoms. The maximum atomic E-state index is 12.3. The topological polar surface area (TPSA) is 52.6 Å². The van der Waals surface area contributed by atoms with Crippen molar-refractivity contribution in [3.63, 3.8) is 0 Å². The van der Waals surface area contributed by atoms with Crippen LogP contribution >= 0.6 is 0 Å². The van der Waals surface area contributed by atoms with Crippen LogP contribution < -0.4 is 5.32 Å². The third-order valence-corrected chi connectivity index (χ3v) is 2.48. The van der Waals surface area contributed by atoms with Crippen LogP contribution in [0.1, 0.15) is 5.56 Å². The fourth-order valence-electron chi connectivity index (χ4n) is 1.70. The van der Waals surface area contributed by atoms with Gasteiger partial charge < -0.3 is 10.4 Å². The van der Waals surface area contributed by atoms with Gasteiger partial charge in [0.15, 0.2) is 0 Å². The van der Waals surface area contributed by atoms with Crippen LogP contribution in [0.5, 0.6) is 0 Å². The highest BCUT2D eigenvalue weighted by Crippen LogP contribution is 2.09.